The van der Waals surface area contributed by atoms with E-state index in [2.05, 4.69) is 17.2 Å². The van der Waals surface area contributed by atoms with Crippen molar-refractivity contribution in [3.8, 4) is 0 Å². The van der Waals surface area contributed by atoms with Crippen LogP contribution in [0.4, 0.5) is 0 Å². The summed E-state index contributed by atoms with van der Waals surface area (Å²) >= 11 is 1.72. The van der Waals surface area contributed by atoms with Crippen LogP contribution in [0.3, 0.4) is 0 Å². The number of aryl methyl sites for hydroxylation is 1. The highest BCUT2D eigenvalue weighted by molar-refractivity contribution is 7.11. The molecule has 3 nitrogen and oxygen atoms in total. The number of aromatic nitrogens is 1. The number of nitrogens with zero attached hydrogens (tertiary/aromatic N) is 1. The highest BCUT2D eigenvalue weighted by Crippen LogP contribution is 2.26. The lowest BCUT2D eigenvalue weighted by atomic mass is 10.1. The molecule has 2 heterocycles. The minimum atomic E-state index is 0.208. The average Bonchev–Trinajstić information content (AvgIpc) is 2.85. The molecule has 0 fully saturated rings. The van der Waals surface area contributed by atoms with Gasteiger partial charge in [0, 0.05) is 16.6 Å². The Hall–Kier alpha value is -1.13. The van der Waals surface area contributed by atoms with Crippen molar-refractivity contribution in [2.45, 2.75) is 19.9 Å². The molecule has 0 aliphatic rings. The van der Waals surface area contributed by atoms with Gasteiger partial charge in [-0.25, -0.2) is 4.98 Å². The zero-order chi connectivity index (χ0) is 10.7. The molecule has 0 saturated carbocycles. The predicted molar refractivity (Wildman–Crippen MR) is 61.1 cm³/mol. The van der Waals surface area contributed by atoms with Gasteiger partial charge in [-0.05, 0) is 19.5 Å². The molecule has 1 unspecified atom stereocenters. The number of hydrogen-bond acceptors (Lipinski definition) is 4. The molecule has 0 aromatic carbocycles. The topological polar surface area (TPSA) is 38.1 Å². The summed E-state index contributed by atoms with van der Waals surface area (Å²) in [6.45, 7) is 5.04. The van der Waals surface area contributed by atoms with Gasteiger partial charge in [0.2, 0.25) is 0 Å². The highest BCUT2D eigenvalue weighted by Gasteiger charge is 2.16. The van der Waals surface area contributed by atoms with Crippen molar-refractivity contribution in [1.82, 2.24) is 10.3 Å². The first kappa shape index (κ1) is 10.4. The third-order valence-corrected chi connectivity index (χ3v) is 3.19. The van der Waals surface area contributed by atoms with Gasteiger partial charge in [0.05, 0.1) is 23.6 Å². The molecular weight excluding hydrogens is 208 g/mol. The second-order valence-corrected chi connectivity index (χ2v) is 4.60. The van der Waals surface area contributed by atoms with E-state index in [9.17, 15) is 0 Å². The van der Waals surface area contributed by atoms with Gasteiger partial charge in [0.1, 0.15) is 0 Å². The van der Waals surface area contributed by atoms with Gasteiger partial charge >= 0.3 is 0 Å². The Kier molecular flexibility index (Phi) is 3.18. The maximum Gasteiger partial charge on any atom is 0.0954 e. The molecule has 0 bridgehead atoms. The van der Waals surface area contributed by atoms with Gasteiger partial charge < -0.3 is 9.73 Å². The molecule has 2 aromatic heterocycles. The van der Waals surface area contributed by atoms with E-state index >= 15 is 0 Å². The summed E-state index contributed by atoms with van der Waals surface area (Å²) in [5.41, 5.74) is 1.15. The molecule has 80 valence electrons. The van der Waals surface area contributed by atoms with Gasteiger partial charge in [0.25, 0.3) is 0 Å². The summed E-state index contributed by atoms with van der Waals surface area (Å²) in [4.78, 5) is 5.51. The number of hydrogen-bond donors (Lipinski definition) is 1. The van der Waals surface area contributed by atoms with Crippen molar-refractivity contribution in [3.05, 3.63) is 40.2 Å². The van der Waals surface area contributed by atoms with Crippen molar-refractivity contribution in [2.24, 2.45) is 0 Å². The van der Waals surface area contributed by atoms with Crippen LogP contribution in [-0.4, -0.2) is 11.5 Å². The Morgan fingerprint density at radius 3 is 3.00 bits per heavy atom. The predicted octanol–water partition coefficient (Wildman–Crippen LogP) is 2.74. The fourth-order valence-electron chi connectivity index (χ4n) is 1.54. The molecule has 0 saturated heterocycles. The summed E-state index contributed by atoms with van der Waals surface area (Å²) in [7, 11) is 0. The van der Waals surface area contributed by atoms with Gasteiger partial charge in [-0.3, -0.25) is 0 Å². The van der Waals surface area contributed by atoms with Crippen LogP contribution in [0.25, 0.3) is 0 Å². The summed E-state index contributed by atoms with van der Waals surface area (Å²) in [5.74, 6) is 0. The quantitative estimate of drug-likeness (QED) is 0.864. The molecular formula is C11H14N2OS. The zero-order valence-corrected chi connectivity index (χ0v) is 9.67. The van der Waals surface area contributed by atoms with Crippen molar-refractivity contribution < 1.29 is 4.42 Å². The fourth-order valence-corrected chi connectivity index (χ4v) is 2.43. The lowest BCUT2D eigenvalue weighted by molar-refractivity contribution is 0.554. The van der Waals surface area contributed by atoms with Gasteiger partial charge in [-0.1, -0.05) is 6.92 Å². The summed E-state index contributed by atoms with van der Waals surface area (Å²) in [6, 6.07) is 2.20. The molecule has 2 rings (SSSR count). The monoisotopic (exact) mass is 222 g/mol. The van der Waals surface area contributed by atoms with Crippen LogP contribution in [0, 0.1) is 6.92 Å². The lowest BCUT2D eigenvalue weighted by Gasteiger charge is -2.13. The molecule has 4 heteroatoms. The number of thiazole rings is 1. The Morgan fingerprint density at radius 2 is 2.47 bits per heavy atom. The van der Waals surface area contributed by atoms with Crippen molar-refractivity contribution in [1.29, 1.82) is 0 Å². The van der Waals surface area contributed by atoms with E-state index in [4.69, 9.17) is 4.42 Å². The summed E-state index contributed by atoms with van der Waals surface area (Å²) in [5, 5.41) is 4.52. The molecule has 1 atom stereocenters. The van der Waals surface area contributed by atoms with E-state index < -0.39 is 0 Å². The van der Waals surface area contributed by atoms with Gasteiger partial charge in [0.15, 0.2) is 0 Å². The van der Waals surface area contributed by atoms with E-state index in [1.165, 1.54) is 4.88 Å². The molecule has 1 N–H and O–H groups in total. The Balaban J connectivity index is 2.27. The first-order valence-electron chi connectivity index (χ1n) is 4.99. The van der Waals surface area contributed by atoms with E-state index in [0.717, 1.165) is 17.1 Å². The Labute approximate surface area is 93.2 Å². The van der Waals surface area contributed by atoms with Gasteiger partial charge in [-0.2, -0.15) is 0 Å². The largest absolute Gasteiger partial charge is 0.472 e. The lowest BCUT2D eigenvalue weighted by Crippen LogP contribution is -2.20. The standard InChI is InChI=1S/C11H14N2OS/c1-3-12-11(9-4-5-14-7-9)10-6-13-8(2)15-10/h4-7,11-12H,3H2,1-2H3. The number of furan rings is 1. The number of rotatable bonds is 4. The van der Waals surface area contributed by atoms with Crippen LogP contribution < -0.4 is 5.32 Å². The average molecular weight is 222 g/mol. The van der Waals surface area contributed by atoms with Crippen LogP contribution >= 0.6 is 11.3 Å². The van der Waals surface area contributed by atoms with Crippen molar-refractivity contribution in [2.75, 3.05) is 6.54 Å². The second kappa shape index (κ2) is 4.59. The van der Waals surface area contributed by atoms with Crippen LogP contribution in [0.1, 0.15) is 28.4 Å². The SMILES string of the molecule is CCNC(c1ccoc1)c1cnc(C)s1. The van der Waals surface area contributed by atoms with E-state index in [0.29, 0.717) is 0 Å². The van der Waals surface area contributed by atoms with Crippen LogP contribution in [0.2, 0.25) is 0 Å². The maximum atomic E-state index is 5.11. The smallest absolute Gasteiger partial charge is 0.0954 e. The molecule has 15 heavy (non-hydrogen) atoms. The van der Waals surface area contributed by atoms with Crippen LogP contribution in [-0.2, 0) is 0 Å². The van der Waals surface area contributed by atoms with E-state index in [1.807, 2.05) is 19.2 Å². The third kappa shape index (κ3) is 2.27. The molecule has 0 aliphatic carbocycles. The Morgan fingerprint density at radius 1 is 1.60 bits per heavy atom. The molecule has 0 amide bonds. The first-order valence-corrected chi connectivity index (χ1v) is 5.80. The highest BCUT2D eigenvalue weighted by atomic mass is 32.1. The fraction of sp³-hybridized carbons (Fsp3) is 0.364. The van der Waals surface area contributed by atoms with Crippen molar-refractivity contribution >= 4 is 11.3 Å². The minimum Gasteiger partial charge on any atom is -0.472 e. The van der Waals surface area contributed by atoms with Crippen LogP contribution in [0.5, 0.6) is 0 Å². The Bertz CT molecular complexity index is 408. The molecule has 2 aromatic rings. The van der Waals surface area contributed by atoms with E-state index in [1.54, 1.807) is 23.9 Å². The first-order chi connectivity index (χ1) is 7.31. The molecule has 0 radical (unpaired) electrons. The van der Waals surface area contributed by atoms with E-state index in [-0.39, 0.29) is 6.04 Å². The summed E-state index contributed by atoms with van der Waals surface area (Å²) in [6.07, 6.45) is 5.41. The molecule has 0 aliphatic heterocycles. The van der Waals surface area contributed by atoms with Gasteiger partial charge in [-0.15, -0.1) is 11.3 Å². The third-order valence-electron chi connectivity index (χ3n) is 2.21. The van der Waals surface area contributed by atoms with Crippen LogP contribution in [0.15, 0.2) is 29.2 Å². The second-order valence-electron chi connectivity index (χ2n) is 3.33. The summed E-state index contributed by atoms with van der Waals surface area (Å²) < 4.78 is 5.11. The molecule has 0 spiro atoms. The zero-order valence-electron chi connectivity index (χ0n) is 8.86. The minimum absolute atomic E-state index is 0.208. The normalized spacial score (nSPS) is 12.9. The maximum absolute atomic E-state index is 5.11. The van der Waals surface area contributed by atoms with Crippen molar-refractivity contribution in [3.63, 3.8) is 0 Å². The number of nitrogens with one attached hydrogen (secondary N) is 1.